The number of nitrogens with one attached hydrogen (secondary N) is 1. The van der Waals surface area contributed by atoms with Gasteiger partial charge in [-0.05, 0) is 51.3 Å². The first-order valence-corrected chi connectivity index (χ1v) is 8.64. The molecule has 134 valence electrons. The summed E-state index contributed by atoms with van der Waals surface area (Å²) in [6, 6.07) is 5.86. The number of carbonyl (C=O) groups is 1. The lowest BCUT2D eigenvalue weighted by Crippen LogP contribution is -2.28. The Kier molecular flexibility index (Phi) is 4.70. The minimum atomic E-state index is -0.142. The van der Waals surface area contributed by atoms with Gasteiger partial charge in [0, 0.05) is 6.54 Å². The molecule has 6 nitrogen and oxygen atoms in total. The lowest BCUT2D eigenvalue weighted by atomic mass is 10.1. The SMILES string of the molecule is CCc1c(C(=O)NCCc2ccc3c(c2)OCO3)cnn1C(C)(C)C. The lowest BCUT2D eigenvalue weighted by Gasteiger charge is -2.22. The van der Waals surface area contributed by atoms with E-state index in [2.05, 4.69) is 31.2 Å². The Morgan fingerprint density at radius 1 is 1.28 bits per heavy atom. The van der Waals surface area contributed by atoms with Gasteiger partial charge in [0.15, 0.2) is 11.5 Å². The predicted molar refractivity (Wildman–Crippen MR) is 95.2 cm³/mol. The molecule has 0 bridgehead atoms. The maximum Gasteiger partial charge on any atom is 0.254 e. The van der Waals surface area contributed by atoms with Crippen LogP contribution in [0.3, 0.4) is 0 Å². The molecule has 1 aliphatic rings. The molecule has 0 saturated carbocycles. The van der Waals surface area contributed by atoms with Crippen molar-refractivity contribution in [3.63, 3.8) is 0 Å². The first-order valence-electron chi connectivity index (χ1n) is 8.64. The molecule has 3 rings (SSSR count). The van der Waals surface area contributed by atoms with Gasteiger partial charge in [-0.15, -0.1) is 0 Å². The number of amides is 1. The fourth-order valence-electron chi connectivity index (χ4n) is 2.99. The molecule has 1 aromatic carbocycles. The van der Waals surface area contributed by atoms with Gasteiger partial charge in [-0.3, -0.25) is 9.48 Å². The normalized spacial score (nSPS) is 13.1. The zero-order valence-electron chi connectivity index (χ0n) is 15.3. The number of hydrogen-bond donors (Lipinski definition) is 1. The summed E-state index contributed by atoms with van der Waals surface area (Å²) in [5.41, 5.74) is 2.58. The molecule has 1 amide bonds. The summed E-state index contributed by atoms with van der Waals surface area (Å²) in [7, 11) is 0. The molecule has 0 fully saturated rings. The van der Waals surface area contributed by atoms with Crippen molar-refractivity contribution in [3.8, 4) is 11.5 Å². The minimum absolute atomic E-state index is 0.0758. The van der Waals surface area contributed by atoms with Gasteiger partial charge in [0.05, 0.1) is 23.0 Å². The van der Waals surface area contributed by atoms with E-state index in [9.17, 15) is 4.79 Å². The molecule has 6 heteroatoms. The first-order chi connectivity index (χ1) is 11.9. The van der Waals surface area contributed by atoms with Crippen LogP contribution in [0.15, 0.2) is 24.4 Å². The second kappa shape index (κ2) is 6.78. The largest absolute Gasteiger partial charge is 0.454 e. The van der Waals surface area contributed by atoms with Crippen molar-refractivity contribution < 1.29 is 14.3 Å². The van der Waals surface area contributed by atoms with Crippen LogP contribution in [0.2, 0.25) is 0 Å². The van der Waals surface area contributed by atoms with Crippen molar-refractivity contribution >= 4 is 5.91 Å². The molecule has 0 unspecified atom stereocenters. The third-order valence-corrected chi connectivity index (χ3v) is 4.22. The van der Waals surface area contributed by atoms with Crippen LogP contribution in [-0.4, -0.2) is 29.0 Å². The summed E-state index contributed by atoms with van der Waals surface area (Å²) in [4.78, 5) is 12.5. The zero-order chi connectivity index (χ0) is 18.0. The van der Waals surface area contributed by atoms with Crippen LogP contribution < -0.4 is 14.8 Å². The highest BCUT2D eigenvalue weighted by atomic mass is 16.7. The first kappa shape index (κ1) is 17.3. The second-order valence-electron chi connectivity index (χ2n) is 7.13. The number of benzene rings is 1. The van der Waals surface area contributed by atoms with E-state index in [1.807, 2.05) is 29.8 Å². The van der Waals surface area contributed by atoms with Crippen LogP contribution in [0, 0.1) is 0 Å². The molecule has 0 spiro atoms. The third kappa shape index (κ3) is 3.62. The molecule has 2 aromatic rings. The number of aromatic nitrogens is 2. The fraction of sp³-hybridized carbons (Fsp3) is 0.474. The number of hydrogen-bond acceptors (Lipinski definition) is 4. The average molecular weight is 343 g/mol. The number of rotatable bonds is 5. The van der Waals surface area contributed by atoms with Crippen LogP contribution in [0.4, 0.5) is 0 Å². The van der Waals surface area contributed by atoms with Crippen LogP contribution in [-0.2, 0) is 18.4 Å². The highest BCUT2D eigenvalue weighted by Crippen LogP contribution is 2.32. The smallest absolute Gasteiger partial charge is 0.254 e. The molecule has 2 heterocycles. The van der Waals surface area contributed by atoms with Crippen molar-refractivity contribution in [2.45, 2.75) is 46.1 Å². The van der Waals surface area contributed by atoms with Gasteiger partial charge in [0.25, 0.3) is 5.91 Å². The van der Waals surface area contributed by atoms with E-state index in [-0.39, 0.29) is 18.2 Å². The number of fused-ring (bicyclic) bond motifs is 1. The quantitative estimate of drug-likeness (QED) is 0.906. The Morgan fingerprint density at radius 2 is 2.04 bits per heavy atom. The zero-order valence-corrected chi connectivity index (χ0v) is 15.3. The summed E-state index contributed by atoms with van der Waals surface area (Å²) in [5.74, 6) is 1.46. The monoisotopic (exact) mass is 343 g/mol. The van der Waals surface area contributed by atoms with Crippen molar-refractivity contribution in [2.75, 3.05) is 13.3 Å². The summed E-state index contributed by atoms with van der Waals surface area (Å²) in [6.45, 7) is 9.12. The molecule has 0 radical (unpaired) electrons. The molecule has 0 saturated heterocycles. The van der Waals surface area contributed by atoms with Gasteiger partial charge in [-0.25, -0.2) is 0 Å². The van der Waals surface area contributed by atoms with Gasteiger partial charge >= 0.3 is 0 Å². The molecular weight excluding hydrogens is 318 g/mol. The van der Waals surface area contributed by atoms with Gasteiger partial charge in [-0.2, -0.15) is 5.10 Å². The van der Waals surface area contributed by atoms with E-state index >= 15 is 0 Å². The topological polar surface area (TPSA) is 65.4 Å². The van der Waals surface area contributed by atoms with Crippen molar-refractivity contribution in [3.05, 3.63) is 41.2 Å². The highest BCUT2D eigenvalue weighted by molar-refractivity contribution is 5.95. The van der Waals surface area contributed by atoms with E-state index in [1.165, 1.54) is 0 Å². The van der Waals surface area contributed by atoms with Crippen molar-refractivity contribution in [1.29, 1.82) is 0 Å². The maximum absolute atomic E-state index is 12.5. The standard InChI is InChI=1S/C19H25N3O3/c1-5-15-14(11-21-22(15)19(2,3)4)18(23)20-9-8-13-6-7-16-17(10-13)25-12-24-16/h6-7,10-11H,5,8-9,12H2,1-4H3,(H,20,23). The summed E-state index contributed by atoms with van der Waals surface area (Å²) >= 11 is 0. The second-order valence-corrected chi connectivity index (χ2v) is 7.13. The van der Waals surface area contributed by atoms with Crippen LogP contribution in [0.1, 0.15) is 49.3 Å². The fourth-order valence-corrected chi connectivity index (χ4v) is 2.99. The average Bonchev–Trinajstić information content (AvgIpc) is 3.20. The van der Waals surface area contributed by atoms with Gasteiger partial charge in [0.1, 0.15) is 0 Å². The Balaban J connectivity index is 1.62. The molecule has 1 aliphatic heterocycles. The Bertz CT molecular complexity index is 775. The van der Waals surface area contributed by atoms with Crippen LogP contribution in [0.5, 0.6) is 11.5 Å². The highest BCUT2D eigenvalue weighted by Gasteiger charge is 2.22. The predicted octanol–water partition coefficient (Wildman–Crippen LogP) is 2.90. The van der Waals surface area contributed by atoms with Crippen molar-refractivity contribution in [1.82, 2.24) is 15.1 Å². The Labute approximate surface area is 148 Å². The number of ether oxygens (including phenoxy) is 2. The Morgan fingerprint density at radius 3 is 2.76 bits per heavy atom. The maximum atomic E-state index is 12.5. The van der Waals surface area contributed by atoms with E-state index in [4.69, 9.17) is 9.47 Å². The molecule has 25 heavy (non-hydrogen) atoms. The van der Waals surface area contributed by atoms with Gasteiger partial charge in [-0.1, -0.05) is 13.0 Å². The van der Waals surface area contributed by atoms with E-state index < -0.39 is 0 Å². The number of carbonyl (C=O) groups excluding carboxylic acids is 1. The third-order valence-electron chi connectivity index (χ3n) is 4.22. The van der Waals surface area contributed by atoms with Crippen LogP contribution in [0.25, 0.3) is 0 Å². The molecule has 0 atom stereocenters. The molecular formula is C19H25N3O3. The van der Waals surface area contributed by atoms with Crippen LogP contribution >= 0.6 is 0 Å². The van der Waals surface area contributed by atoms with E-state index in [1.54, 1.807) is 6.20 Å². The van der Waals surface area contributed by atoms with E-state index in [0.29, 0.717) is 12.1 Å². The molecule has 1 N–H and O–H groups in total. The Hall–Kier alpha value is -2.50. The molecule has 0 aliphatic carbocycles. The van der Waals surface area contributed by atoms with Gasteiger partial charge < -0.3 is 14.8 Å². The lowest BCUT2D eigenvalue weighted by molar-refractivity contribution is 0.0953. The molecule has 1 aromatic heterocycles. The summed E-state index contributed by atoms with van der Waals surface area (Å²) < 4.78 is 12.6. The number of nitrogens with zero attached hydrogens (tertiary/aromatic N) is 2. The van der Waals surface area contributed by atoms with E-state index in [0.717, 1.165) is 35.6 Å². The summed E-state index contributed by atoms with van der Waals surface area (Å²) in [6.07, 6.45) is 3.17. The minimum Gasteiger partial charge on any atom is -0.454 e. The van der Waals surface area contributed by atoms with Gasteiger partial charge in [0.2, 0.25) is 6.79 Å². The summed E-state index contributed by atoms with van der Waals surface area (Å²) in [5, 5.41) is 7.40. The van der Waals surface area contributed by atoms with Crippen molar-refractivity contribution in [2.24, 2.45) is 0 Å².